The number of carbonyl (C=O) groups excluding carboxylic acids is 1. The molecule has 0 fully saturated rings. The van der Waals surface area contributed by atoms with Gasteiger partial charge in [0.05, 0.1) is 4.92 Å². The minimum absolute atomic E-state index is 0.0702. The van der Waals surface area contributed by atoms with Crippen LogP contribution in [0.4, 0.5) is 10.7 Å². The van der Waals surface area contributed by atoms with Gasteiger partial charge in [0, 0.05) is 11.6 Å². The van der Waals surface area contributed by atoms with Gasteiger partial charge in [0.2, 0.25) is 5.91 Å². The van der Waals surface area contributed by atoms with Crippen molar-refractivity contribution in [1.29, 1.82) is 0 Å². The number of carbonyl (C=O) groups is 1. The molecule has 7 nitrogen and oxygen atoms in total. The molecule has 0 saturated heterocycles. The molecule has 0 unspecified atom stereocenters. The molecule has 0 aliphatic heterocycles. The fourth-order valence-electron chi connectivity index (χ4n) is 1.38. The van der Waals surface area contributed by atoms with Gasteiger partial charge < -0.3 is 10.1 Å². The largest absolute Gasteiger partial charge is 0.431 e. The molecule has 0 atom stereocenters. The van der Waals surface area contributed by atoms with E-state index in [1.165, 1.54) is 0 Å². The van der Waals surface area contributed by atoms with Crippen LogP contribution >= 0.6 is 11.3 Å². The average molecular weight is 307 g/mol. The van der Waals surface area contributed by atoms with E-state index in [2.05, 4.69) is 10.3 Å². The summed E-state index contributed by atoms with van der Waals surface area (Å²) in [5.74, 6) is 0.317. The number of nitrogens with zero attached hydrogens (tertiary/aromatic N) is 2. The highest BCUT2D eigenvalue weighted by molar-refractivity contribution is 7.16. The van der Waals surface area contributed by atoms with Gasteiger partial charge in [0.1, 0.15) is 11.9 Å². The highest BCUT2D eigenvalue weighted by Crippen LogP contribution is 2.31. The summed E-state index contributed by atoms with van der Waals surface area (Å²) >= 11 is 0.852. The van der Waals surface area contributed by atoms with Crippen LogP contribution in [0.5, 0.6) is 10.9 Å². The zero-order valence-corrected chi connectivity index (χ0v) is 12.2. The third kappa shape index (κ3) is 3.99. The lowest BCUT2D eigenvalue weighted by molar-refractivity contribution is -0.380. The first-order chi connectivity index (χ1) is 9.95. The Kier molecular flexibility index (Phi) is 4.49. The summed E-state index contributed by atoms with van der Waals surface area (Å²) in [6, 6.07) is 6.70. The standard InChI is InChI=1S/C13H13N3O4S/c1-8(2)12(17)15-9-3-5-10(6-4-9)20-13-14-7-11(21-13)16(18)19/h3-8H,1-2H3,(H,15,17). The van der Waals surface area contributed by atoms with E-state index in [-0.39, 0.29) is 22.0 Å². The predicted molar refractivity (Wildman–Crippen MR) is 78.8 cm³/mol. The van der Waals surface area contributed by atoms with Gasteiger partial charge in [0.25, 0.3) is 5.19 Å². The number of amides is 1. The Bertz CT molecular complexity index is 652. The van der Waals surface area contributed by atoms with Gasteiger partial charge in [-0.1, -0.05) is 13.8 Å². The number of nitro groups is 1. The highest BCUT2D eigenvalue weighted by Gasteiger charge is 2.13. The smallest absolute Gasteiger partial charge is 0.347 e. The normalized spacial score (nSPS) is 10.4. The molecule has 0 aliphatic carbocycles. The van der Waals surface area contributed by atoms with Gasteiger partial charge in [-0.05, 0) is 35.6 Å². The van der Waals surface area contributed by atoms with Crippen molar-refractivity contribution in [2.75, 3.05) is 5.32 Å². The molecule has 0 saturated carbocycles. The second-order valence-electron chi connectivity index (χ2n) is 4.49. The van der Waals surface area contributed by atoms with Crippen LogP contribution in [0.25, 0.3) is 0 Å². The van der Waals surface area contributed by atoms with Crippen LogP contribution in [0.15, 0.2) is 30.5 Å². The molecule has 1 N–H and O–H groups in total. The monoisotopic (exact) mass is 307 g/mol. The van der Waals surface area contributed by atoms with Crippen molar-refractivity contribution in [3.63, 3.8) is 0 Å². The van der Waals surface area contributed by atoms with Crippen LogP contribution in [0, 0.1) is 16.0 Å². The molecule has 2 rings (SSSR count). The van der Waals surface area contributed by atoms with Crippen LogP contribution in [-0.2, 0) is 4.79 Å². The molecule has 0 aliphatic rings. The average Bonchev–Trinajstić information content (AvgIpc) is 2.89. The Morgan fingerprint density at radius 2 is 2.05 bits per heavy atom. The van der Waals surface area contributed by atoms with Crippen molar-refractivity contribution in [2.45, 2.75) is 13.8 Å². The van der Waals surface area contributed by atoms with E-state index in [1.807, 2.05) is 13.8 Å². The van der Waals surface area contributed by atoms with Crippen LogP contribution < -0.4 is 10.1 Å². The van der Waals surface area contributed by atoms with Gasteiger partial charge in [-0.2, -0.15) is 0 Å². The lowest BCUT2D eigenvalue weighted by Crippen LogP contribution is -2.17. The van der Waals surface area contributed by atoms with Crippen LogP contribution in [0.2, 0.25) is 0 Å². The molecule has 0 radical (unpaired) electrons. The molecular formula is C13H13N3O4S. The maximum atomic E-state index is 11.5. The molecule has 110 valence electrons. The summed E-state index contributed by atoms with van der Waals surface area (Å²) in [6.45, 7) is 3.62. The Labute approximate surface area is 124 Å². The number of thiazole rings is 1. The molecular weight excluding hydrogens is 294 g/mol. The highest BCUT2D eigenvalue weighted by atomic mass is 32.1. The Balaban J connectivity index is 2.01. The Morgan fingerprint density at radius 3 is 2.57 bits per heavy atom. The molecule has 0 bridgehead atoms. The molecule has 21 heavy (non-hydrogen) atoms. The molecule has 0 spiro atoms. The number of rotatable bonds is 5. The lowest BCUT2D eigenvalue weighted by atomic mass is 10.2. The zero-order chi connectivity index (χ0) is 15.4. The van der Waals surface area contributed by atoms with E-state index < -0.39 is 4.92 Å². The number of anilines is 1. The lowest BCUT2D eigenvalue weighted by Gasteiger charge is -2.08. The first-order valence-corrected chi connectivity index (χ1v) is 6.96. The van der Waals surface area contributed by atoms with Crippen LogP contribution in [0.3, 0.4) is 0 Å². The van der Waals surface area contributed by atoms with Crippen molar-refractivity contribution in [2.24, 2.45) is 5.92 Å². The van der Waals surface area contributed by atoms with E-state index in [9.17, 15) is 14.9 Å². The molecule has 1 heterocycles. The minimum atomic E-state index is -0.519. The number of ether oxygens (including phenoxy) is 1. The fraction of sp³-hybridized carbons (Fsp3) is 0.231. The first-order valence-electron chi connectivity index (χ1n) is 6.14. The summed E-state index contributed by atoms with van der Waals surface area (Å²) in [7, 11) is 0. The number of hydrogen-bond acceptors (Lipinski definition) is 6. The Hall–Kier alpha value is -2.48. The van der Waals surface area contributed by atoms with E-state index >= 15 is 0 Å². The van der Waals surface area contributed by atoms with Gasteiger partial charge in [-0.3, -0.25) is 14.9 Å². The van der Waals surface area contributed by atoms with Gasteiger partial charge >= 0.3 is 5.00 Å². The Morgan fingerprint density at radius 1 is 1.38 bits per heavy atom. The van der Waals surface area contributed by atoms with Gasteiger partial charge in [-0.15, -0.1) is 0 Å². The predicted octanol–water partition coefficient (Wildman–Crippen LogP) is 3.44. The maximum absolute atomic E-state index is 11.5. The van der Waals surface area contributed by atoms with E-state index in [0.29, 0.717) is 11.4 Å². The van der Waals surface area contributed by atoms with E-state index in [1.54, 1.807) is 24.3 Å². The van der Waals surface area contributed by atoms with Gasteiger partial charge in [0.15, 0.2) is 0 Å². The number of nitrogens with one attached hydrogen (secondary N) is 1. The quantitative estimate of drug-likeness (QED) is 0.674. The molecule has 1 aromatic heterocycles. The second-order valence-corrected chi connectivity index (χ2v) is 5.46. The first kappa shape index (κ1) is 14.9. The van der Waals surface area contributed by atoms with Gasteiger partial charge in [-0.25, -0.2) is 4.98 Å². The minimum Gasteiger partial charge on any atom is -0.431 e. The fourth-order valence-corrected chi connectivity index (χ4v) is 1.98. The zero-order valence-electron chi connectivity index (χ0n) is 11.4. The summed E-state index contributed by atoms with van der Waals surface area (Å²) in [5.41, 5.74) is 0.658. The molecule has 1 amide bonds. The third-order valence-corrected chi connectivity index (χ3v) is 3.33. The maximum Gasteiger partial charge on any atom is 0.347 e. The number of aromatic nitrogens is 1. The molecule has 8 heteroatoms. The summed E-state index contributed by atoms with van der Waals surface area (Å²) in [5, 5.41) is 13.4. The SMILES string of the molecule is CC(C)C(=O)Nc1ccc(Oc2ncc([N+](=O)[O-])s2)cc1. The second kappa shape index (κ2) is 6.31. The third-order valence-electron chi connectivity index (χ3n) is 2.50. The van der Waals surface area contributed by atoms with E-state index in [0.717, 1.165) is 17.5 Å². The van der Waals surface area contributed by atoms with Crippen molar-refractivity contribution >= 4 is 27.9 Å². The number of benzene rings is 1. The van der Waals surface area contributed by atoms with Crippen LogP contribution in [0.1, 0.15) is 13.8 Å². The number of hydrogen-bond donors (Lipinski definition) is 1. The topological polar surface area (TPSA) is 94.4 Å². The van der Waals surface area contributed by atoms with Crippen molar-refractivity contribution in [3.8, 4) is 10.9 Å². The van der Waals surface area contributed by atoms with Crippen molar-refractivity contribution < 1.29 is 14.5 Å². The summed E-state index contributed by atoms with van der Waals surface area (Å²) < 4.78 is 5.41. The molecule has 1 aromatic carbocycles. The summed E-state index contributed by atoms with van der Waals surface area (Å²) in [6.07, 6.45) is 1.15. The van der Waals surface area contributed by atoms with E-state index in [4.69, 9.17) is 4.74 Å². The summed E-state index contributed by atoms with van der Waals surface area (Å²) in [4.78, 5) is 25.4. The molecule has 2 aromatic rings. The van der Waals surface area contributed by atoms with Crippen LogP contribution in [-0.4, -0.2) is 15.8 Å². The van der Waals surface area contributed by atoms with Crippen molar-refractivity contribution in [3.05, 3.63) is 40.6 Å². The van der Waals surface area contributed by atoms with Crippen molar-refractivity contribution in [1.82, 2.24) is 4.98 Å².